The van der Waals surface area contributed by atoms with E-state index in [-0.39, 0.29) is 6.10 Å². The molecule has 3 aromatic rings. The van der Waals surface area contributed by atoms with Gasteiger partial charge in [-0.3, -0.25) is 0 Å². The molecule has 124 valence electrons. The van der Waals surface area contributed by atoms with Crippen molar-refractivity contribution in [1.82, 2.24) is 19.9 Å². The maximum absolute atomic E-state index is 5.99. The Kier molecular flexibility index (Phi) is 3.89. The predicted octanol–water partition coefficient (Wildman–Crippen LogP) is 2.92. The van der Waals surface area contributed by atoms with Crippen LogP contribution < -0.4 is 9.47 Å². The second-order valence-electron chi connectivity index (χ2n) is 5.48. The highest BCUT2D eigenvalue weighted by molar-refractivity contribution is 7.98. The van der Waals surface area contributed by atoms with E-state index in [1.54, 1.807) is 11.8 Å². The standard InChI is InChI=1S/C16H16N4O3S/c1-10-7-11(19-23-10)9-24-16-18-17-15(20(16)2)14-8-21-12-5-3-4-6-13(12)22-14/h3-7,14H,8-9H2,1-2H3/t14-/m0/s1. The molecule has 3 heterocycles. The van der Waals surface area contributed by atoms with Gasteiger partial charge in [-0.05, 0) is 19.1 Å². The molecule has 8 heteroatoms. The Morgan fingerprint density at radius 2 is 2.08 bits per heavy atom. The number of benzene rings is 1. The molecule has 0 bridgehead atoms. The highest BCUT2D eigenvalue weighted by Gasteiger charge is 2.27. The molecule has 0 N–H and O–H groups in total. The maximum atomic E-state index is 5.99. The quantitative estimate of drug-likeness (QED) is 0.674. The lowest BCUT2D eigenvalue weighted by Crippen LogP contribution is -2.24. The molecule has 7 nitrogen and oxygen atoms in total. The number of nitrogens with zero attached hydrogens (tertiary/aromatic N) is 4. The minimum Gasteiger partial charge on any atom is -0.485 e. The van der Waals surface area contributed by atoms with E-state index in [0.717, 1.165) is 33.9 Å². The first-order chi connectivity index (χ1) is 11.7. The van der Waals surface area contributed by atoms with Gasteiger partial charge in [0, 0.05) is 18.9 Å². The Labute approximate surface area is 143 Å². The van der Waals surface area contributed by atoms with Gasteiger partial charge in [0.25, 0.3) is 0 Å². The molecule has 0 saturated carbocycles. The summed E-state index contributed by atoms with van der Waals surface area (Å²) >= 11 is 1.55. The van der Waals surface area contributed by atoms with E-state index in [4.69, 9.17) is 14.0 Å². The summed E-state index contributed by atoms with van der Waals surface area (Å²) < 4.78 is 18.7. The molecule has 0 amide bonds. The van der Waals surface area contributed by atoms with Crippen LogP contribution in [-0.2, 0) is 12.8 Å². The molecule has 0 fully saturated rings. The van der Waals surface area contributed by atoms with Crippen LogP contribution in [-0.4, -0.2) is 26.5 Å². The molecule has 1 atom stereocenters. The van der Waals surface area contributed by atoms with Crippen molar-refractivity contribution in [3.8, 4) is 11.5 Å². The van der Waals surface area contributed by atoms with E-state index in [1.165, 1.54) is 0 Å². The minimum atomic E-state index is -0.277. The van der Waals surface area contributed by atoms with Crippen molar-refractivity contribution in [3.63, 3.8) is 0 Å². The van der Waals surface area contributed by atoms with Gasteiger partial charge in [0.05, 0.1) is 5.69 Å². The molecular formula is C16H16N4O3S. The monoisotopic (exact) mass is 344 g/mol. The second-order valence-corrected chi connectivity index (χ2v) is 6.42. The van der Waals surface area contributed by atoms with Crippen LogP contribution in [0.2, 0.25) is 0 Å². The molecule has 0 unspecified atom stereocenters. The molecular weight excluding hydrogens is 328 g/mol. The molecule has 1 aliphatic rings. The lowest BCUT2D eigenvalue weighted by atomic mass is 10.2. The number of ether oxygens (including phenoxy) is 2. The zero-order chi connectivity index (χ0) is 16.5. The molecule has 0 saturated heterocycles. The van der Waals surface area contributed by atoms with Crippen LogP contribution in [0.1, 0.15) is 23.4 Å². The van der Waals surface area contributed by atoms with Gasteiger partial charge in [0.2, 0.25) is 0 Å². The summed E-state index contributed by atoms with van der Waals surface area (Å²) in [5.74, 6) is 3.70. The van der Waals surface area contributed by atoms with E-state index in [9.17, 15) is 0 Å². The fourth-order valence-electron chi connectivity index (χ4n) is 2.50. The smallest absolute Gasteiger partial charge is 0.192 e. The van der Waals surface area contributed by atoms with E-state index >= 15 is 0 Å². The van der Waals surface area contributed by atoms with Gasteiger partial charge < -0.3 is 18.6 Å². The van der Waals surface area contributed by atoms with Crippen molar-refractivity contribution in [2.75, 3.05) is 6.61 Å². The summed E-state index contributed by atoms with van der Waals surface area (Å²) in [4.78, 5) is 0. The molecule has 4 rings (SSSR count). The van der Waals surface area contributed by atoms with Crippen LogP contribution in [0.5, 0.6) is 11.5 Å². The first-order valence-electron chi connectivity index (χ1n) is 7.53. The van der Waals surface area contributed by atoms with E-state index < -0.39 is 0 Å². The Morgan fingerprint density at radius 3 is 2.88 bits per heavy atom. The van der Waals surface area contributed by atoms with Gasteiger partial charge >= 0.3 is 0 Å². The highest BCUT2D eigenvalue weighted by atomic mass is 32.2. The number of aryl methyl sites for hydroxylation is 1. The van der Waals surface area contributed by atoms with Crippen LogP contribution in [0.4, 0.5) is 0 Å². The zero-order valence-electron chi connectivity index (χ0n) is 13.3. The Balaban J connectivity index is 1.48. The molecule has 0 spiro atoms. The van der Waals surface area contributed by atoms with Crippen molar-refractivity contribution in [2.24, 2.45) is 7.05 Å². The fraction of sp³-hybridized carbons (Fsp3) is 0.312. The third-order valence-electron chi connectivity index (χ3n) is 3.69. The molecule has 24 heavy (non-hydrogen) atoms. The molecule has 2 aromatic heterocycles. The summed E-state index contributed by atoms with van der Waals surface area (Å²) in [5.41, 5.74) is 0.883. The lowest BCUT2D eigenvalue weighted by Gasteiger charge is -2.25. The van der Waals surface area contributed by atoms with Gasteiger partial charge in [-0.25, -0.2) is 0 Å². The summed E-state index contributed by atoms with van der Waals surface area (Å²) in [6.07, 6.45) is -0.277. The topological polar surface area (TPSA) is 75.2 Å². The summed E-state index contributed by atoms with van der Waals surface area (Å²) in [5, 5.41) is 13.3. The summed E-state index contributed by atoms with van der Waals surface area (Å²) in [7, 11) is 1.93. The van der Waals surface area contributed by atoms with E-state index in [2.05, 4.69) is 15.4 Å². The van der Waals surface area contributed by atoms with Crippen LogP contribution >= 0.6 is 11.8 Å². The molecule has 1 aliphatic heterocycles. The van der Waals surface area contributed by atoms with Gasteiger partial charge in [0.1, 0.15) is 12.4 Å². The van der Waals surface area contributed by atoms with Crippen LogP contribution in [0.15, 0.2) is 40.0 Å². The predicted molar refractivity (Wildman–Crippen MR) is 87.1 cm³/mol. The average molecular weight is 344 g/mol. The average Bonchev–Trinajstić information content (AvgIpc) is 3.18. The van der Waals surface area contributed by atoms with Gasteiger partial charge in [-0.1, -0.05) is 29.1 Å². The van der Waals surface area contributed by atoms with Crippen molar-refractivity contribution in [3.05, 3.63) is 47.6 Å². The summed E-state index contributed by atoms with van der Waals surface area (Å²) in [6, 6.07) is 9.54. The number of hydrogen-bond donors (Lipinski definition) is 0. The number of para-hydroxylation sites is 2. The van der Waals surface area contributed by atoms with Crippen LogP contribution in [0.3, 0.4) is 0 Å². The normalized spacial score (nSPS) is 16.3. The minimum absolute atomic E-state index is 0.277. The highest BCUT2D eigenvalue weighted by Crippen LogP contribution is 2.35. The largest absolute Gasteiger partial charge is 0.485 e. The Hall–Kier alpha value is -2.48. The SMILES string of the molecule is Cc1cc(CSc2nnc([C@@H]3COc4ccccc4O3)n2C)no1. The van der Waals surface area contributed by atoms with Gasteiger partial charge in [-0.15, -0.1) is 10.2 Å². The zero-order valence-corrected chi connectivity index (χ0v) is 14.1. The van der Waals surface area contributed by atoms with Crippen molar-refractivity contribution >= 4 is 11.8 Å². The summed E-state index contributed by atoms with van der Waals surface area (Å²) in [6.45, 7) is 2.29. The van der Waals surface area contributed by atoms with Crippen molar-refractivity contribution < 1.29 is 14.0 Å². The number of thioether (sulfide) groups is 1. The number of rotatable bonds is 4. The van der Waals surface area contributed by atoms with Gasteiger partial charge in [-0.2, -0.15) is 0 Å². The molecule has 0 radical (unpaired) electrons. The van der Waals surface area contributed by atoms with Crippen LogP contribution in [0, 0.1) is 6.92 Å². The number of aromatic nitrogens is 4. The Bertz CT molecular complexity index is 861. The van der Waals surface area contributed by atoms with Crippen molar-refractivity contribution in [1.29, 1.82) is 0 Å². The number of fused-ring (bicyclic) bond motifs is 1. The van der Waals surface area contributed by atoms with Crippen molar-refractivity contribution in [2.45, 2.75) is 23.9 Å². The van der Waals surface area contributed by atoms with Gasteiger partial charge in [0.15, 0.2) is 28.6 Å². The first kappa shape index (κ1) is 15.1. The van der Waals surface area contributed by atoms with Crippen LogP contribution in [0.25, 0.3) is 0 Å². The Morgan fingerprint density at radius 1 is 1.25 bits per heavy atom. The third-order valence-corrected chi connectivity index (χ3v) is 4.74. The number of hydrogen-bond acceptors (Lipinski definition) is 7. The second kappa shape index (κ2) is 6.20. The lowest BCUT2D eigenvalue weighted by molar-refractivity contribution is 0.0825. The third kappa shape index (κ3) is 2.84. The molecule has 0 aliphatic carbocycles. The fourth-order valence-corrected chi connectivity index (χ4v) is 3.30. The maximum Gasteiger partial charge on any atom is 0.192 e. The van der Waals surface area contributed by atoms with E-state index in [0.29, 0.717) is 12.4 Å². The molecule has 1 aromatic carbocycles. The first-order valence-corrected chi connectivity index (χ1v) is 8.52. The van der Waals surface area contributed by atoms with E-state index in [1.807, 2.05) is 48.9 Å².